The van der Waals surface area contributed by atoms with Crippen molar-refractivity contribution in [3.8, 4) is 55.6 Å². The van der Waals surface area contributed by atoms with Crippen LogP contribution in [0.15, 0.2) is 237 Å². The van der Waals surface area contributed by atoms with Crippen molar-refractivity contribution in [3.05, 3.63) is 237 Å². The third-order valence-electron chi connectivity index (χ3n) is 11.7. The first kappa shape index (κ1) is 35.6. The summed E-state index contributed by atoms with van der Waals surface area (Å²) in [6.45, 7) is 0. The molecule has 0 N–H and O–H groups in total. The molecule has 282 valence electrons. The summed E-state index contributed by atoms with van der Waals surface area (Å²) in [5.41, 5.74) is 15.1. The Kier molecular flexibility index (Phi) is 9.11. The monoisotopic (exact) mass is 781 g/mol. The molecule has 0 saturated heterocycles. The average molecular weight is 782 g/mol. The van der Waals surface area contributed by atoms with E-state index < -0.39 is 0 Å². The summed E-state index contributed by atoms with van der Waals surface area (Å²) < 4.78 is 2.64. The minimum absolute atomic E-state index is 1.08. The lowest BCUT2D eigenvalue weighted by molar-refractivity contribution is 1.28. The van der Waals surface area contributed by atoms with Gasteiger partial charge < -0.3 is 4.90 Å². The maximum absolute atomic E-state index is 2.45. The van der Waals surface area contributed by atoms with Crippen LogP contribution in [-0.2, 0) is 0 Å². The van der Waals surface area contributed by atoms with Gasteiger partial charge in [0, 0.05) is 37.1 Å². The van der Waals surface area contributed by atoms with Crippen LogP contribution < -0.4 is 4.90 Å². The Morgan fingerprint density at radius 2 is 0.850 bits per heavy atom. The predicted octanol–water partition coefficient (Wildman–Crippen LogP) is 17.0. The first-order chi connectivity index (χ1) is 29.7. The minimum atomic E-state index is 1.08. The second kappa shape index (κ2) is 15.3. The molecule has 0 aliphatic carbocycles. The van der Waals surface area contributed by atoms with Crippen molar-refractivity contribution < 1.29 is 0 Å². The number of thiophene rings is 1. The average Bonchev–Trinajstić information content (AvgIpc) is 3.70. The van der Waals surface area contributed by atoms with E-state index in [9.17, 15) is 0 Å². The molecule has 0 aliphatic heterocycles. The maximum Gasteiger partial charge on any atom is 0.0546 e. The first-order valence-corrected chi connectivity index (χ1v) is 21.3. The zero-order valence-electron chi connectivity index (χ0n) is 32.9. The van der Waals surface area contributed by atoms with Gasteiger partial charge >= 0.3 is 0 Å². The van der Waals surface area contributed by atoms with Crippen LogP contribution in [0.3, 0.4) is 0 Å². The van der Waals surface area contributed by atoms with Gasteiger partial charge in [-0.25, -0.2) is 0 Å². The van der Waals surface area contributed by atoms with Crippen LogP contribution in [0.4, 0.5) is 17.1 Å². The number of hydrogen-bond acceptors (Lipinski definition) is 2. The van der Waals surface area contributed by atoms with Gasteiger partial charge in [0.15, 0.2) is 0 Å². The molecule has 0 bridgehead atoms. The van der Waals surface area contributed by atoms with Crippen LogP contribution >= 0.6 is 11.3 Å². The van der Waals surface area contributed by atoms with Crippen LogP contribution in [0.2, 0.25) is 0 Å². The SMILES string of the molecule is c1ccc(-c2ccccc2-c2c(-c3ccccc3)cccc2N(c2ccc(-c3ccc4sc5ccccc5c4c3)cc2)c2cccc(-c3ccc4ccccc4c3)c2)cc1. The molecule has 0 radical (unpaired) electrons. The van der Waals surface area contributed by atoms with Crippen molar-refractivity contribution in [2.45, 2.75) is 0 Å². The molecule has 1 aromatic heterocycles. The second-order valence-corrected chi connectivity index (χ2v) is 16.4. The molecule has 0 atom stereocenters. The van der Waals surface area contributed by atoms with E-state index in [0.717, 1.165) is 17.1 Å². The third-order valence-corrected chi connectivity index (χ3v) is 12.8. The molecule has 11 rings (SSSR count). The number of rotatable bonds is 8. The van der Waals surface area contributed by atoms with Gasteiger partial charge in [0.05, 0.1) is 5.69 Å². The van der Waals surface area contributed by atoms with Crippen molar-refractivity contribution in [1.29, 1.82) is 0 Å². The largest absolute Gasteiger partial charge is 0.310 e. The van der Waals surface area contributed by atoms with Gasteiger partial charge in [-0.1, -0.05) is 182 Å². The molecule has 0 aliphatic rings. The summed E-state index contributed by atoms with van der Waals surface area (Å²) >= 11 is 1.86. The third kappa shape index (κ3) is 6.54. The highest BCUT2D eigenvalue weighted by atomic mass is 32.1. The van der Waals surface area contributed by atoms with E-state index in [4.69, 9.17) is 0 Å². The molecular formula is C58H39NS. The molecule has 0 fully saturated rings. The van der Waals surface area contributed by atoms with E-state index in [-0.39, 0.29) is 0 Å². The molecule has 0 unspecified atom stereocenters. The molecule has 2 heteroatoms. The van der Waals surface area contributed by atoms with Crippen molar-refractivity contribution in [2.75, 3.05) is 4.90 Å². The Labute approximate surface area is 354 Å². The number of benzene rings is 10. The van der Waals surface area contributed by atoms with Crippen LogP contribution in [0.25, 0.3) is 86.6 Å². The van der Waals surface area contributed by atoms with Gasteiger partial charge in [-0.15, -0.1) is 11.3 Å². The predicted molar refractivity (Wildman–Crippen MR) is 259 cm³/mol. The van der Waals surface area contributed by atoms with Crippen molar-refractivity contribution in [2.24, 2.45) is 0 Å². The summed E-state index contributed by atoms with van der Waals surface area (Å²) in [6, 6.07) is 86.3. The number of hydrogen-bond donors (Lipinski definition) is 0. The lowest BCUT2D eigenvalue weighted by Gasteiger charge is -2.30. The maximum atomic E-state index is 2.45. The number of fused-ring (bicyclic) bond motifs is 4. The molecule has 0 saturated carbocycles. The molecule has 0 spiro atoms. The van der Waals surface area contributed by atoms with Crippen molar-refractivity contribution in [3.63, 3.8) is 0 Å². The quantitative estimate of drug-likeness (QED) is 0.148. The van der Waals surface area contributed by atoms with E-state index >= 15 is 0 Å². The Morgan fingerprint density at radius 1 is 0.283 bits per heavy atom. The van der Waals surface area contributed by atoms with Crippen LogP contribution in [-0.4, -0.2) is 0 Å². The second-order valence-electron chi connectivity index (χ2n) is 15.3. The summed E-state index contributed by atoms with van der Waals surface area (Å²) in [5.74, 6) is 0. The molecule has 60 heavy (non-hydrogen) atoms. The lowest BCUT2D eigenvalue weighted by atomic mass is 9.87. The van der Waals surface area contributed by atoms with E-state index in [1.165, 1.54) is 86.6 Å². The fraction of sp³-hybridized carbons (Fsp3) is 0. The molecule has 11 aromatic rings. The highest BCUT2D eigenvalue weighted by Gasteiger charge is 2.23. The van der Waals surface area contributed by atoms with E-state index in [1.807, 2.05) is 11.3 Å². The van der Waals surface area contributed by atoms with E-state index in [1.54, 1.807) is 0 Å². The molecule has 10 aromatic carbocycles. The Bertz CT molecular complexity index is 3310. The van der Waals surface area contributed by atoms with Crippen LogP contribution in [0, 0.1) is 0 Å². The van der Waals surface area contributed by atoms with Gasteiger partial charge in [-0.05, 0) is 115 Å². The first-order valence-electron chi connectivity index (χ1n) is 20.5. The summed E-state index contributed by atoms with van der Waals surface area (Å²) in [7, 11) is 0. The minimum Gasteiger partial charge on any atom is -0.310 e. The normalized spacial score (nSPS) is 11.3. The van der Waals surface area contributed by atoms with Crippen molar-refractivity contribution in [1.82, 2.24) is 0 Å². The standard InChI is InChI=1S/C58H39NS/c1-3-16-42(17-4-1)50-23-9-10-25-53(50)58-51(43-18-5-2-6-19-43)26-14-27-55(58)59(49-22-13-21-45(38-49)46-30-29-40-15-7-8-20-44(40)37-46)48-34-31-41(32-35-48)47-33-36-57-54(39-47)52-24-11-12-28-56(52)60-57/h1-39H. The molecule has 1 nitrogen and oxygen atoms in total. The topological polar surface area (TPSA) is 3.24 Å². The Morgan fingerprint density at radius 3 is 1.67 bits per heavy atom. The molecule has 0 amide bonds. The smallest absolute Gasteiger partial charge is 0.0546 e. The molecule has 1 heterocycles. The number of anilines is 3. The zero-order chi connectivity index (χ0) is 39.8. The lowest BCUT2D eigenvalue weighted by Crippen LogP contribution is -2.12. The number of nitrogens with zero attached hydrogens (tertiary/aromatic N) is 1. The highest BCUT2D eigenvalue weighted by molar-refractivity contribution is 7.25. The van der Waals surface area contributed by atoms with Gasteiger partial charge in [-0.3, -0.25) is 0 Å². The summed E-state index contributed by atoms with van der Waals surface area (Å²) in [4.78, 5) is 2.45. The fourth-order valence-corrected chi connectivity index (χ4v) is 9.85. The van der Waals surface area contributed by atoms with Crippen LogP contribution in [0.1, 0.15) is 0 Å². The van der Waals surface area contributed by atoms with Gasteiger partial charge in [0.25, 0.3) is 0 Å². The Hall–Kier alpha value is -7.52. The van der Waals surface area contributed by atoms with Crippen molar-refractivity contribution >= 4 is 59.3 Å². The van der Waals surface area contributed by atoms with E-state index in [0.29, 0.717) is 0 Å². The van der Waals surface area contributed by atoms with E-state index in [2.05, 4.69) is 241 Å². The fourth-order valence-electron chi connectivity index (χ4n) is 8.77. The van der Waals surface area contributed by atoms with Gasteiger partial charge in [-0.2, -0.15) is 0 Å². The summed E-state index contributed by atoms with van der Waals surface area (Å²) in [6.07, 6.45) is 0. The highest BCUT2D eigenvalue weighted by Crippen LogP contribution is 2.48. The zero-order valence-corrected chi connectivity index (χ0v) is 33.7. The Balaban J connectivity index is 1.12. The molecular weight excluding hydrogens is 743 g/mol. The summed E-state index contributed by atoms with van der Waals surface area (Å²) in [5, 5.41) is 5.10. The van der Waals surface area contributed by atoms with Crippen LogP contribution in [0.5, 0.6) is 0 Å². The van der Waals surface area contributed by atoms with Gasteiger partial charge in [0.2, 0.25) is 0 Å². The van der Waals surface area contributed by atoms with Gasteiger partial charge in [0.1, 0.15) is 0 Å².